The van der Waals surface area contributed by atoms with Crippen LogP contribution in [0.4, 0.5) is 9.59 Å². The molecule has 1 aromatic carbocycles. The topological polar surface area (TPSA) is 189 Å². The SMILES string of the molecule is C=CC1CC1(NC(=O)[C@@H]1C[C@@H](OC(=O)NCc2ccccc2Cl)CN1C(=O)[C@@H](NC(=O)OC(C)(C)C)C(C)(C)C)C(=O)NS(=O)(=O)C1CC1. The van der Waals surface area contributed by atoms with Gasteiger partial charge in [-0.3, -0.25) is 19.1 Å². The van der Waals surface area contributed by atoms with Crippen molar-refractivity contribution >= 4 is 51.5 Å². The van der Waals surface area contributed by atoms with Gasteiger partial charge in [0.2, 0.25) is 21.8 Å². The summed E-state index contributed by atoms with van der Waals surface area (Å²) >= 11 is 6.19. The summed E-state index contributed by atoms with van der Waals surface area (Å²) in [4.78, 5) is 68.4. The lowest BCUT2D eigenvalue weighted by atomic mass is 9.85. The van der Waals surface area contributed by atoms with Gasteiger partial charge in [-0.25, -0.2) is 18.0 Å². The van der Waals surface area contributed by atoms with Gasteiger partial charge in [-0.2, -0.15) is 0 Å². The Kier molecular flexibility index (Phi) is 11.0. The summed E-state index contributed by atoms with van der Waals surface area (Å²) in [6, 6.07) is 4.50. The number of sulfonamides is 1. The van der Waals surface area contributed by atoms with Crippen molar-refractivity contribution in [2.24, 2.45) is 11.3 Å². The lowest BCUT2D eigenvalue weighted by Crippen LogP contribution is -2.60. The van der Waals surface area contributed by atoms with Crippen molar-refractivity contribution in [2.45, 2.75) is 108 Å². The fourth-order valence-electron chi connectivity index (χ4n) is 5.64. The zero-order valence-corrected chi connectivity index (χ0v) is 30.2. The van der Waals surface area contributed by atoms with Gasteiger partial charge in [0.1, 0.15) is 29.3 Å². The van der Waals surface area contributed by atoms with E-state index in [4.69, 9.17) is 21.1 Å². The number of benzene rings is 1. The molecular formula is C33H46ClN5O9S. The molecule has 1 heterocycles. The van der Waals surface area contributed by atoms with E-state index in [2.05, 4.69) is 27.3 Å². The number of carbonyl (C=O) groups is 5. The number of amides is 5. The summed E-state index contributed by atoms with van der Waals surface area (Å²) < 4.78 is 38.3. The minimum Gasteiger partial charge on any atom is -0.444 e. The highest BCUT2D eigenvalue weighted by molar-refractivity contribution is 7.91. The zero-order chi connectivity index (χ0) is 36.5. The van der Waals surface area contributed by atoms with E-state index in [1.807, 2.05) is 0 Å². The van der Waals surface area contributed by atoms with Crippen LogP contribution in [0.15, 0.2) is 36.9 Å². The molecule has 3 aliphatic rings. The maximum atomic E-state index is 14.2. The van der Waals surface area contributed by atoms with Gasteiger partial charge in [-0.1, -0.05) is 56.6 Å². The fourth-order valence-corrected chi connectivity index (χ4v) is 7.20. The average Bonchev–Trinajstić information content (AvgIpc) is 3.90. The Morgan fingerprint density at radius 2 is 1.73 bits per heavy atom. The molecule has 0 spiro atoms. The normalized spacial score (nSPS) is 24.2. The Balaban J connectivity index is 1.56. The van der Waals surface area contributed by atoms with Crippen molar-refractivity contribution in [2.75, 3.05) is 6.54 Å². The first-order valence-corrected chi connectivity index (χ1v) is 18.1. The van der Waals surface area contributed by atoms with E-state index in [0.29, 0.717) is 23.4 Å². The fraction of sp³-hybridized carbons (Fsp3) is 0.606. The Hall–Kier alpha value is -3.85. The number of nitrogens with one attached hydrogen (secondary N) is 4. The van der Waals surface area contributed by atoms with Gasteiger partial charge in [0.15, 0.2) is 0 Å². The molecule has 2 aliphatic carbocycles. The Morgan fingerprint density at radius 3 is 2.29 bits per heavy atom. The highest BCUT2D eigenvalue weighted by atomic mass is 35.5. The number of hydrogen-bond donors (Lipinski definition) is 4. The number of likely N-dealkylation sites (tertiary alicyclic amines) is 1. The third kappa shape index (κ3) is 9.44. The Morgan fingerprint density at radius 1 is 1.08 bits per heavy atom. The molecule has 0 aromatic heterocycles. The van der Waals surface area contributed by atoms with E-state index >= 15 is 0 Å². The third-order valence-corrected chi connectivity index (χ3v) is 10.7. The molecule has 1 aliphatic heterocycles. The van der Waals surface area contributed by atoms with E-state index in [-0.39, 0.29) is 25.9 Å². The lowest BCUT2D eigenvalue weighted by molar-refractivity contribution is -0.143. The van der Waals surface area contributed by atoms with Crippen molar-refractivity contribution in [1.82, 2.24) is 25.6 Å². The van der Waals surface area contributed by atoms with Crippen LogP contribution in [0.5, 0.6) is 0 Å². The number of rotatable bonds is 11. The first-order chi connectivity index (χ1) is 22.7. The first-order valence-electron chi connectivity index (χ1n) is 16.2. The summed E-state index contributed by atoms with van der Waals surface area (Å²) in [7, 11) is -3.92. The van der Waals surface area contributed by atoms with E-state index in [0.717, 1.165) is 0 Å². The van der Waals surface area contributed by atoms with E-state index < -0.39 is 85.8 Å². The molecule has 3 fully saturated rings. The highest BCUT2D eigenvalue weighted by Gasteiger charge is 2.62. The van der Waals surface area contributed by atoms with Crippen LogP contribution in [-0.4, -0.2) is 84.3 Å². The summed E-state index contributed by atoms with van der Waals surface area (Å²) in [5, 5.41) is 7.72. The van der Waals surface area contributed by atoms with Crippen molar-refractivity contribution in [3.8, 4) is 0 Å². The Bertz CT molecular complexity index is 1600. The molecule has 4 N–H and O–H groups in total. The van der Waals surface area contributed by atoms with Crippen LogP contribution >= 0.6 is 11.6 Å². The molecule has 4 rings (SSSR count). The number of halogens is 1. The van der Waals surface area contributed by atoms with Crippen LogP contribution in [0.25, 0.3) is 0 Å². The van der Waals surface area contributed by atoms with Crippen LogP contribution in [0.1, 0.15) is 72.8 Å². The average molecular weight is 724 g/mol. The second kappa shape index (κ2) is 14.2. The van der Waals surface area contributed by atoms with E-state index in [1.54, 1.807) is 65.8 Å². The largest absolute Gasteiger partial charge is 0.444 e. The van der Waals surface area contributed by atoms with Crippen molar-refractivity contribution in [3.05, 3.63) is 47.5 Å². The molecule has 0 bridgehead atoms. The van der Waals surface area contributed by atoms with Gasteiger partial charge in [0.05, 0.1) is 11.8 Å². The second-order valence-corrected chi connectivity index (χ2v) is 17.2. The van der Waals surface area contributed by atoms with Gasteiger partial charge in [0.25, 0.3) is 5.91 Å². The summed E-state index contributed by atoms with van der Waals surface area (Å²) in [5.41, 5.74) is -2.66. The number of nitrogens with zero attached hydrogens (tertiary/aromatic N) is 1. The van der Waals surface area contributed by atoms with Crippen molar-refractivity contribution in [1.29, 1.82) is 0 Å². The molecular weight excluding hydrogens is 678 g/mol. The molecule has 14 nitrogen and oxygen atoms in total. The van der Waals surface area contributed by atoms with Gasteiger partial charge < -0.3 is 30.3 Å². The van der Waals surface area contributed by atoms with Gasteiger partial charge in [0, 0.05) is 23.9 Å². The summed E-state index contributed by atoms with van der Waals surface area (Å²) in [6.07, 6.45) is -0.322. The molecule has 1 aromatic rings. The zero-order valence-electron chi connectivity index (χ0n) is 28.6. The molecule has 5 atom stereocenters. The van der Waals surface area contributed by atoms with Crippen LogP contribution in [0.3, 0.4) is 0 Å². The molecule has 1 saturated heterocycles. The molecule has 0 radical (unpaired) electrons. The number of hydrogen-bond acceptors (Lipinski definition) is 9. The van der Waals surface area contributed by atoms with Crippen LogP contribution in [-0.2, 0) is 40.4 Å². The second-order valence-electron chi connectivity index (χ2n) is 14.8. The van der Waals surface area contributed by atoms with Gasteiger partial charge in [-0.05, 0) is 57.1 Å². The lowest BCUT2D eigenvalue weighted by Gasteiger charge is -2.36. The maximum Gasteiger partial charge on any atom is 0.408 e. The van der Waals surface area contributed by atoms with Crippen LogP contribution in [0, 0.1) is 11.3 Å². The van der Waals surface area contributed by atoms with Crippen LogP contribution in [0.2, 0.25) is 5.02 Å². The minimum atomic E-state index is -3.92. The number of alkyl carbamates (subject to hydrolysis) is 2. The van der Waals surface area contributed by atoms with Gasteiger partial charge >= 0.3 is 12.2 Å². The smallest absolute Gasteiger partial charge is 0.408 e. The summed E-state index contributed by atoms with van der Waals surface area (Å²) in [5.74, 6) is -2.86. The van der Waals surface area contributed by atoms with Crippen molar-refractivity contribution < 1.29 is 41.9 Å². The first kappa shape index (κ1) is 38.0. The number of ether oxygens (including phenoxy) is 2. The quantitative estimate of drug-likeness (QED) is 0.249. The molecule has 2 saturated carbocycles. The Labute approximate surface area is 292 Å². The standard InChI is InChI=1S/C33H46ClN5O9S/c1-8-20-16-33(20,28(42)38-49(45,46)22-13-14-22)37-26(40)24-15-21(47-29(43)35-17-19-11-9-10-12-23(19)34)18-39(24)27(41)25(31(2,3)4)36-30(44)48-32(5,6)7/h8-12,20-22,24-25H,1,13-18H2,2-7H3,(H,35,43)(H,36,44)(H,37,40)(H,38,42)/t20?,21-,24+,25-,33?/m1/s1. The predicted octanol–water partition coefficient (Wildman–Crippen LogP) is 3.14. The monoisotopic (exact) mass is 723 g/mol. The number of carbonyl (C=O) groups excluding carboxylic acids is 5. The predicted molar refractivity (Wildman–Crippen MR) is 181 cm³/mol. The third-order valence-electron chi connectivity index (χ3n) is 8.53. The maximum absolute atomic E-state index is 14.2. The van der Waals surface area contributed by atoms with E-state index in [1.165, 1.54) is 11.0 Å². The van der Waals surface area contributed by atoms with Gasteiger partial charge in [-0.15, -0.1) is 6.58 Å². The molecule has 5 amide bonds. The molecule has 49 heavy (non-hydrogen) atoms. The minimum absolute atomic E-state index is 0.0635. The van der Waals surface area contributed by atoms with Crippen LogP contribution < -0.4 is 20.7 Å². The van der Waals surface area contributed by atoms with Crippen molar-refractivity contribution in [3.63, 3.8) is 0 Å². The molecule has 16 heteroatoms. The molecule has 270 valence electrons. The molecule has 2 unspecified atom stereocenters. The summed E-state index contributed by atoms with van der Waals surface area (Å²) in [6.45, 7) is 13.8. The van der Waals surface area contributed by atoms with E-state index in [9.17, 15) is 32.4 Å². The highest BCUT2D eigenvalue weighted by Crippen LogP contribution is 2.45.